The van der Waals surface area contributed by atoms with Gasteiger partial charge in [-0.1, -0.05) is 41.9 Å². The second kappa shape index (κ2) is 9.11. The molecule has 1 amide bonds. The number of hydrogen-bond donors (Lipinski definition) is 1. The van der Waals surface area contributed by atoms with Crippen LogP contribution >= 0.6 is 11.6 Å². The van der Waals surface area contributed by atoms with Gasteiger partial charge in [-0.15, -0.1) is 0 Å². The Morgan fingerprint density at radius 3 is 2.34 bits per heavy atom. The molecule has 0 spiro atoms. The van der Waals surface area contributed by atoms with E-state index in [1.807, 2.05) is 30.3 Å². The minimum Gasteiger partial charge on any atom is -0.496 e. The van der Waals surface area contributed by atoms with Crippen LogP contribution in [0.5, 0.6) is 5.75 Å². The van der Waals surface area contributed by atoms with E-state index < -0.39 is 21.5 Å². The summed E-state index contributed by atoms with van der Waals surface area (Å²) in [6, 6.07) is 20.8. The number of amides is 1. The number of ether oxygens (including phenoxy) is 1. The first-order chi connectivity index (χ1) is 13.9. The molecule has 0 heterocycles. The predicted octanol–water partition coefficient (Wildman–Crippen LogP) is 4.35. The van der Waals surface area contributed by atoms with Crippen LogP contribution in [0.4, 0.5) is 5.69 Å². The van der Waals surface area contributed by atoms with Crippen LogP contribution < -0.4 is 10.1 Å². The molecule has 0 aliphatic carbocycles. The first-order valence-electron chi connectivity index (χ1n) is 8.86. The fraction of sp³-hybridized carbons (Fsp3) is 0.136. The van der Waals surface area contributed by atoms with E-state index >= 15 is 0 Å². The molecule has 0 atom stereocenters. The van der Waals surface area contributed by atoms with Crippen molar-refractivity contribution in [3.05, 3.63) is 88.9 Å². The maximum absolute atomic E-state index is 12.4. The van der Waals surface area contributed by atoms with E-state index in [9.17, 15) is 13.2 Å². The number of halogens is 1. The van der Waals surface area contributed by atoms with Gasteiger partial charge in [0.05, 0.1) is 12.0 Å². The van der Waals surface area contributed by atoms with Crippen LogP contribution in [-0.4, -0.2) is 27.2 Å². The molecule has 0 fully saturated rings. The molecule has 3 aromatic rings. The lowest BCUT2D eigenvalue weighted by molar-refractivity contribution is -0.113. The van der Waals surface area contributed by atoms with Crippen molar-refractivity contribution < 1.29 is 17.9 Å². The Kier molecular flexibility index (Phi) is 6.56. The molecule has 5 nitrogen and oxygen atoms in total. The third-order valence-corrected chi connectivity index (χ3v) is 6.18. The first-order valence-corrected chi connectivity index (χ1v) is 10.9. The second-order valence-corrected chi connectivity index (χ2v) is 8.88. The van der Waals surface area contributed by atoms with E-state index in [0.717, 1.165) is 11.1 Å². The van der Waals surface area contributed by atoms with Crippen LogP contribution in [-0.2, 0) is 21.1 Å². The van der Waals surface area contributed by atoms with Crippen LogP contribution in [0.25, 0.3) is 0 Å². The monoisotopic (exact) mass is 429 g/mol. The van der Waals surface area contributed by atoms with Gasteiger partial charge in [0, 0.05) is 22.7 Å². The predicted molar refractivity (Wildman–Crippen MR) is 114 cm³/mol. The lowest BCUT2D eigenvalue weighted by Gasteiger charge is -2.12. The van der Waals surface area contributed by atoms with Crippen LogP contribution in [0, 0.1) is 0 Å². The van der Waals surface area contributed by atoms with Gasteiger partial charge in [0.2, 0.25) is 5.91 Å². The van der Waals surface area contributed by atoms with Crippen molar-refractivity contribution in [1.82, 2.24) is 0 Å². The second-order valence-electron chi connectivity index (χ2n) is 6.45. The van der Waals surface area contributed by atoms with Gasteiger partial charge in [-0.2, -0.15) is 0 Å². The van der Waals surface area contributed by atoms with E-state index in [-0.39, 0.29) is 4.90 Å². The molecular weight excluding hydrogens is 410 g/mol. The maximum Gasteiger partial charge on any atom is 0.239 e. The molecule has 0 radical (unpaired) electrons. The van der Waals surface area contributed by atoms with Gasteiger partial charge < -0.3 is 10.1 Å². The van der Waals surface area contributed by atoms with Crippen LogP contribution in [0.3, 0.4) is 0 Å². The van der Waals surface area contributed by atoms with E-state index in [4.69, 9.17) is 16.3 Å². The Balaban J connectivity index is 1.74. The highest BCUT2D eigenvalue weighted by Gasteiger charge is 2.19. The number of nitrogens with one attached hydrogen (secondary N) is 1. The number of anilines is 1. The number of methoxy groups -OCH3 is 1. The third-order valence-electron chi connectivity index (χ3n) is 4.30. The van der Waals surface area contributed by atoms with Crippen LogP contribution in [0.1, 0.15) is 11.1 Å². The normalized spacial score (nSPS) is 11.1. The molecule has 0 saturated heterocycles. The quantitative estimate of drug-likeness (QED) is 0.606. The largest absolute Gasteiger partial charge is 0.496 e. The number of hydrogen-bond acceptors (Lipinski definition) is 4. The molecule has 0 unspecified atom stereocenters. The van der Waals surface area contributed by atoms with Gasteiger partial charge in [0.25, 0.3) is 0 Å². The molecule has 7 heteroatoms. The smallest absolute Gasteiger partial charge is 0.239 e. The number of carbonyl (C=O) groups is 1. The topological polar surface area (TPSA) is 72.5 Å². The average Bonchev–Trinajstić information content (AvgIpc) is 2.69. The van der Waals surface area contributed by atoms with Crippen LogP contribution in [0.2, 0.25) is 5.02 Å². The molecule has 0 aliphatic heterocycles. The Bertz CT molecular complexity index is 1100. The minimum absolute atomic E-state index is 0.0524. The average molecular weight is 430 g/mol. The Hall–Kier alpha value is -2.83. The highest BCUT2D eigenvalue weighted by atomic mass is 35.5. The van der Waals surface area contributed by atoms with Crippen molar-refractivity contribution in [2.45, 2.75) is 11.3 Å². The fourth-order valence-electron chi connectivity index (χ4n) is 2.91. The van der Waals surface area contributed by atoms with Gasteiger partial charge in [-0.25, -0.2) is 8.42 Å². The maximum atomic E-state index is 12.4. The van der Waals surface area contributed by atoms with Gasteiger partial charge in [0.15, 0.2) is 9.84 Å². The summed E-state index contributed by atoms with van der Waals surface area (Å²) in [6.45, 7) is 0. The molecule has 0 aliphatic rings. The van der Waals surface area contributed by atoms with E-state index in [0.29, 0.717) is 22.9 Å². The molecule has 150 valence electrons. The fourth-order valence-corrected chi connectivity index (χ4v) is 4.17. The van der Waals surface area contributed by atoms with Crippen molar-refractivity contribution in [2.24, 2.45) is 0 Å². The molecule has 3 aromatic carbocycles. The lowest BCUT2D eigenvalue weighted by atomic mass is 10.0. The van der Waals surface area contributed by atoms with Crippen molar-refractivity contribution in [3.63, 3.8) is 0 Å². The summed E-state index contributed by atoms with van der Waals surface area (Å²) in [4.78, 5) is 12.4. The van der Waals surface area contributed by atoms with Crippen molar-refractivity contribution >= 4 is 33.0 Å². The number of sulfone groups is 1. The molecule has 29 heavy (non-hydrogen) atoms. The van der Waals surface area contributed by atoms with Gasteiger partial charge in [-0.3, -0.25) is 4.79 Å². The summed E-state index contributed by atoms with van der Waals surface area (Å²) in [5.74, 6) is -0.578. The third kappa shape index (κ3) is 5.59. The Morgan fingerprint density at radius 1 is 1.00 bits per heavy atom. The van der Waals surface area contributed by atoms with E-state index in [1.54, 1.807) is 25.3 Å². The summed E-state index contributed by atoms with van der Waals surface area (Å²) in [5, 5.41) is 3.09. The molecule has 1 N–H and O–H groups in total. The SMILES string of the molecule is COc1ccc(NC(=O)CS(=O)(=O)c2ccc(Cl)cc2)cc1Cc1ccccc1. The molecule has 3 rings (SSSR count). The molecular formula is C22H20ClNO4S. The Labute approximate surface area is 175 Å². The minimum atomic E-state index is -3.76. The molecule has 0 saturated carbocycles. The standard InChI is InChI=1S/C22H20ClNO4S/c1-28-21-12-9-19(14-17(21)13-16-5-3-2-4-6-16)24-22(25)15-29(26,27)20-10-7-18(23)8-11-20/h2-12,14H,13,15H2,1H3,(H,24,25). The molecule has 0 bridgehead atoms. The van der Waals surface area contributed by atoms with Gasteiger partial charge in [-0.05, 0) is 48.0 Å². The number of rotatable bonds is 7. The zero-order valence-corrected chi connectivity index (χ0v) is 17.3. The van der Waals surface area contributed by atoms with E-state index in [2.05, 4.69) is 5.32 Å². The summed E-state index contributed by atoms with van der Waals surface area (Å²) in [6.07, 6.45) is 0.622. The highest BCUT2D eigenvalue weighted by Crippen LogP contribution is 2.25. The zero-order chi connectivity index (χ0) is 20.9. The lowest BCUT2D eigenvalue weighted by Crippen LogP contribution is -2.23. The van der Waals surface area contributed by atoms with Crippen molar-refractivity contribution in [1.29, 1.82) is 0 Å². The summed E-state index contributed by atoms with van der Waals surface area (Å²) in [7, 11) is -2.18. The van der Waals surface area contributed by atoms with Crippen molar-refractivity contribution in [2.75, 3.05) is 18.2 Å². The molecule has 0 aromatic heterocycles. The Morgan fingerprint density at radius 2 is 1.69 bits per heavy atom. The first kappa shape index (κ1) is 20.9. The van der Waals surface area contributed by atoms with Crippen LogP contribution in [0.15, 0.2) is 77.7 Å². The summed E-state index contributed by atoms with van der Waals surface area (Å²) < 4.78 is 30.3. The summed E-state index contributed by atoms with van der Waals surface area (Å²) in [5.41, 5.74) is 2.49. The van der Waals surface area contributed by atoms with Gasteiger partial charge in [0.1, 0.15) is 11.5 Å². The zero-order valence-electron chi connectivity index (χ0n) is 15.8. The number of benzene rings is 3. The highest BCUT2D eigenvalue weighted by molar-refractivity contribution is 7.92. The number of carbonyl (C=O) groups excluding carboxylic acids is 1. The van der Waals surface area contributed by atoms with Crippen molar-refractivity contribution in [3.8, 4) is 5.75 Å². The van der Waals surface area contributed by atoms with Gasteiger partial charge >= 0.3 is 0 Å². The van der Waals surface area contributed by atoms with E-state index in [1.165, 1.54) is 24.3 Å². The summed E-state index contributed by atoms with van der Waals surface area (Å²) >= 11 is 5.79.